The molecule has 11 aromatic rings. The molecule has 0 saturated heterocycles. The van der Waals surface area contributed by atoms with Crippen molar-refractivity contribution in [3.8, 4) is 11.4 Å². The van der Waals surface area contributed by atoms with Gasteiger partial charge >= 0.3 is 116 Å². The molecule has 0 fully saturated rings. The SMILES string of the molecule is Cc1ccc2c(n1)-c1nc(C)ccc1C2.Cc1ccc2oc3ccc(C)nc3c2n1.Cc1nc2c(ccc3[n-]c(C)nc32)[n-]1.Cc1nc2c(ccc3oc(C)nc32)o1.[Rb+].[Rb+]. The van der Waals surface area contributed by atoms with E-state index in [4.69, 9.17) is 13.3 Å². The van der Waals surface area contributed by atoms with E-state index in [1.165, 1.54) is 11.1 Å². The third-order valence-electron chi connectivity index (χ3n) is 9.63. The first-order valence-corrected chi connectivity index (χ1v) is 18.9. The van der Waals surface area contributed by atoms with Crippen LogP contribution in [0.1, 0.15) is 57.3 Å². The van der Waals surface area contributed by atoms with Crippen LogP contribution in [-0.4, -0.2) is 39.9 Å². The Labute approximate surface area is 442 Å². The van der Waals surface area contributed by atoms with Crippen LogP contribution in [0.15, 0.2) is 86.0 Å². The van der Waals surface area contributed by atoms with Gasteiger partial charge in [0.05, 0.1) is 11.4 Å². The van der Waals surface area contributed by atoms with E-state index in [0.29, 0.717) is 11.8 Å². The number of oxazole rings is 2. The molecule has 0 N–H and O–H groups in total. The van der Waals surface area contributed by atoms with Crippen LogP contribution in [0.4, 0.5) is 0 Å². The van der Waals surface area contributed by atoms with Gasteiger partial charge in [-0.3, -0.25) is 9.97 Å². The molecular weight excluding hydrogens is 899 g/mol. The predicted octanol–water partition coefficient (Wildman–Crippen LogP) is 3.57. The van der Waals surface area contributed by atoms with Gasteiger partial charge in [0, 0.05) is 43.0 Å². The quantitative estimate of drug-likeness (QED) is 0.217. The summed E-state index contributed by atoms with van der Waals surface area (Å²) in [5, 5.41) is 0. The van der Waals surface area contributed by atoms with Gasteiger partial charge in [-0.05, 0) is 123 Å². The molecule has 0 radical (unpaired) electrons. The van der Waals surface area contributed by atoms with E-state index in [1.807, 2.05) is 104 Å². The van der Waals surface area contributed by atoms with Crippen molar-refractivity contribution in [2.45, 2.75) is 61.8 Å². The molecule has 0 amide bonds. The summed E-state index contributed by atoms with van der Waals surface area (Å²) in [6.45, 7) is 15.4. The number of furan rings is 1. The summed E-state index contributed by atoms with van der Waals surface area (Å²) in [6, 6.07) is 23.8. The topological polar surface area (TPSA) is 171 Å². The summed E-state index contributed by atoms with van der Waals surface area (Å²) < 4.78 is 16.4. The van der Waals surface area contributed by atoms with Crippen molar-refractivity contribution < 1.29 is 130 Å². The van der Waals surface area contributed by atoms with Crippen LogP contribution in [0.2, 0.25) is 0 Å². The second-order valence-corrected chi connectivity index (χ2v) is 14.4. The average molecular weight is 938 g/mol. The Morgan fingerprint density at radius 2 is 0.717 bits per heavy atom. The van der Waals surface area contributed by atoms with Crippen molar-refractivity contribution in [3.63, 3.8) is 0 Å². The molecule has 0 bridgehead atoms. The van der Waals surface area contributed by atoms with E-state index in [2.05, 4.69) is 74.1 Å². The van der Waals surface area contributed by atoms with Gasteiger partial charge in [0.2, 0.25) is 0 Å². The van der Waals surface area contributed by atoms with Gasteiger partial charge in [0.25, 0.3) is 0 Å². The number of hydrogen-bond donors (Lipinski definition) is 0. The third-order valence-corrected chi connectivity index (χ3v) is 9.63. The number of rotatable bonds is 0. The van der Waals surface area contributed by atoms with Gasteiger partial charge in [-0.15, -0.1) is 0 Å². The monoisotopic (exact) mass is 936 g/mol. The Bertz CT molecular complexity index is 3010. The summed E-state index contributed by atoms with van der Waals surface area (Å²) in [6.07, 6.45) is 0.977. The summed E-state index contributed by atoms with van der Waals surface area (Å²) >= 11 is 0. The molecule has 15 heteroatoms. The first-order chi connectivity index (χ1) is 27.9. The fourth-order valence-electron chi connectivity index (χ4n) is 7.07. The maximum Gasteiger partial charge on any atom is 1.00 e. The molecule has 9 heterocycles. The maximum atomic E-state index is 5.64. The Hall–Kier alpha value is -3.67. The Morgan fingerprint density at radius 3 is 1.15 bits per heavy atom. The molecule has 2 aromatic carbocycles. The zero-order valence-electron chi connectivity index (χ0n) is 35.3. The molecule has 0 aliphatic heterocycles. The van der Waals surface area contributed by atoms with Crippen molar-refractivity contribution in [2.75, 3.05) is 0 Å². The molecule has 0 saturated carbocycles. The van der Waals surface area contributed by atoms with Crippen LogP contribution in [0, 0.1) is 55.4 Å². The number of nitrogens with zero attached hydrogens (tertiary/aromatic N) is 10. The number of pyridine rings is 4. The summed E-state index contributed by atoms with van der Waals surface area (Å²) in [5.74, 6) is 2.86. The standard InChI is InChI=1S/C13H12N2.C12H10N2O.C10H8N4.C10H8N2O2.2Rb/c1-8-3-5-10-7-11-6-4-9(2)15-13(11)12(10)14-8;1-7-3-5-9-11(13-7)12-10(15-9)6-4-8(2)14-12;1-5-11-7-3-4-8-10(9(7)13-5)14-6(2)12-8;1-5-11-9-7(13-5)3-4-8-10(9)12-6(2)14-8;;/h3-6H,7H2,1-2H3;3-6H,1-2H3;2*3-4H,1-2H3;;/q;;-2;;2*+1. The normalized spacial score (nSPS) is 11.3. The van der Waals surface area contributed by atoms with Gasteiger partial charge in [-0.2, -0.15) is 0 Å². The fourth-order valence-corrected chi connectivity index (χ4v) is 7.07. The Morgan fingerprint density at radius 1 is 0.367 bits per heavy atom. The molecule has 0 atom stereocenters. The van der Waals surface area contributed by atoms with Gasteiger partial charge in [-0.1, -0.05) is 35.9 Å². The van der Waals surface area contributed by atoms with Crippen LogP contribution in [0.25, 0.3) is 77.9 Å². The van der Waals surface area contributed by atoms with Crippen molar-refractivity contribution in [3.05, 3.63) is 130 Å². The molecule has 1 aliphatic rings. The number of aryl methyl sites for hydroxylation is 8. The Balaban J connectivity index is 0.000000120. The number of benzene rings is 2. The molecule has 13 nitrogen and oxygen atoms in total. The number of hydrogen-bond acceptors (Lipinski definition) is 11. The minimum Gasteiger partial charge on any atom is -0.453 e. The van der Waals surface area contributed by atoms with Crippen LogP contribution in [0.3, 0.4) is 0 Å². The van der Waals surface area contributed by atoms with Gasteiger partial charge in [-0.25, -0.2) is 19.9 Å². The second kappa shape index (κ2) is 18.4. The molecular formula is C45H38N10O3Rb2. The minimum atomic E-state index is 0. The molecule has 60 heavy (non-hydrogen) atoms. The predicted molar refractivity (Wildman–Crippen MR) is 223 cm³/mol. The van der Waals surface area contributed by atoms with E-state index in [1.54, 1.807) is 0 Å². The number of imidazole rings is 2. The minimum absolute atomic E-state index is 0. The summed E-state index contributed by atoms with van der Waals surface area (Å²) in [5.41, 5.74) is 18.7. The maximum absolute atomic E-state index is 5.64. The smallest absolute Gasteiger partial charge is 0.453 e. The molecule has 0 unspecified atom stereocenters. The molecule has 9 aromatic heterocycles. The van der Waals surface area contributed by atoms with E-state index in [-0.39, 0.29) is 116 Å². The van der Waals surface area contributed by atoms with Gasteiger partial charge in [0.15, 0.2) is 34.1 Å². The number of aromatic nitrogens is 10. The van der Waals surface area contributed by atoms with Crippen LogP contribution >= 0.6 is 0 Å². The van der Waals surface area contributed by atoms with Crippen molar-refractivity contribution >= 4 is 66.5 Å². The third kappa shape index (κ3) is 9.10. The largest absolute Gasteiger partial charge is 1.00 e. The average Bonchev–Trinajstić information content (AvgIpc) is 4.04. The van der Waals surface area contributed by atoms with Gasteiger partial charge < -0.3 is 33.2 Å². The van der Waals surface area contributed by atoms with Crippen LogP contribution in [-0.2, 0) is 6.42 Å². The second-order valence-electron chi connectivity index (χ2n) is 14.4. The van der Waals surface area contributed by atoms with E-state index in [9.17, 15) is 0 Å². The summed E-state index contributed by atoms with van der Waals surface area (Å²) in [4.78, 5) is 43.8. The van der Waals surface area contributed by atoms with Crippen LogP contribution in [0.5, 0.6) is 0 Å². The first-order valence-electron chi connectivity index (χ1n) is 18.9. The van der Waals surface area contributed by atoms with Gasteiger partial charge in [0.1, 0.15) is 22.1 Å². The van der Waals surface area contributed by atoms with E-state index in [0.717, 1.165) is 119 Å². The fraction of sp³-hybridized carbons (Fsp3) is 0.200. The molecule has 1 aliphatic carbocycles. The van der Waals surface area contributed by atoms with Crippen molar-refractivity contribution in [1.82, 2.24) is 49.8 Å². The number of fused-ring (bicyclic) bond motifs is 12. The van der Waals surface area contributed by atoms with Crippen LogP contribution < -0.4 is 126 Å². The zero-order valence-corrected chi connectivity index (χ0v) is 45.2. The van der Waals surface area contributed by atoms with E-state index < -0.39 is 0 Å². The molecule has 0 spiro atoms. The molecule has 12 rings (SSSR count). The Kier molecular flexibility index (Phi) is 13.6. The van der Waals surface area contributed by atoms with E-state index >= 15 is 0 Å². The molecule has 288 valence electrons. The first kappa shape index (κ1) is 44.4. The zero-order chi connectivity index (χ0) is 40.2. The van der Waals surface area contributed by atoms with Crippen molar-refractivity contribution in [1.29, 1.82) is 0 Å². The van der Waals surface area contributed by atoms with Crippen molar-refractivity contribution in [2.24, 2.45) is 0 Å². The summed E-state index contributed by atoms with van der Waals surface area (Å²) in [7, 11) is 0.